The molecular formula is C16H15N3O3. The van der Waals surface area contributed by atoms with Crippen LogP contribution in [0.2, 0.25) is 0 Å². The lowest BCUT2D eigenvalue weighted by Gasteiger charge is -2.14. The highest BCUT2D eigenvalue weighted by molar-refractivity contribution is 6.45. The number of likely N-dealkylation sites (N-methyl/N-ethyl adjacent to an activating group) is 1. The summed E-state index contributed by atoms with van der Waals surface area (Å²) in [7, 11) is 3.45. The highest BCUT2D eigenvalue weighted by atomic mass is 16.6. The monoisotopic (exact) mass is 297 g/mol. The highest BCUT2D eigenvalue weighted by Crippen LogP contribution is 2.19. The summed E-state index contributed by atoms with van der Waals surface area (Å²) in [4.78, 5) is 28.6. The number of carbonyl (C=O) groups excluding carboxylic acids is 1. The Kier molecular flexibility index (Phi) is 4.63. The van der Waals surface area contributed by atoms with Crippen LogP contribution in [0.25, 0.3) is 0 Å². The summed E-state index contributed by atoms with van der Waals surface area (Å²) in [6, 6.07) is 14.6. The van der Waals surface area contributed by atoms with E-state index >= 15 is 0 Å². The Morgan fingerprint density at radius 1 is 1.05 bits per heavy atom. The van der Waals surface area contributed by atoms with Gasteiger partial charge in [0.15, 0.2) is 5.84 Å². The van der Waals surface area contributed by atoms with Gasteiger partial charge >= 0.3 is 0 Å². The normalized spacial score (nSPS) is 11.1. The molecule has 0 amide bonds. The summed E-state index contributed by atoms with van der Waals surface area (Å²) >= 11 is 0. The van der Waals surface area contributed by atoms with Gasteiger partial charge in [-0.15, -0.1) is 0 Å². The fraction of sp³-hybridized carbons (Fsp3) is 0.125. The molecule has 0 spiro atoms. The van der Waals surface area contributed by atoms with E-state index in [-0.39, 0.29) is 17.3 Å². The predicted molar refractivity (Wildman–Crippen MR) is 84.7 cm³/mol. The third-order valence-electron chi connectivity index (χ3n) is 2.96. The van der Waals surface area contributed by atoms with Crippen LogP contribution in [0.4, 0.5) is 11.4 Å². The van der Waals surface area contributed by atoms with Gasteiger partial charge in [-0.25, -0.2) is 4.99 Å². The Bertz CT molecular complexity index is 707. The quantitative estimate of drug-likeness (QED) is 0.286. The number of hydrogen-bond donors (Lipinski definition) is 0. The second-order valence-corrected chi connectivity index (χ2v) is 4.80. The Morgan fingerprint density at radius 2 is 1.64 bits per heavy atom. The number of amidine groups is 1. The minimum atomic E-state index is -0.477. The summed E-state index contributed by atoms with van der Waals surface area (Å²) in [5.74, 6) is 0.0593. The van der Waals surface area contributed by atoms with Gasteiger partial charge in [0.2, 0.25) is 5.78 Å². The SMILES string of the molecule is CN(C)C(=Nc1ccc([N+](=O)[O-])cc1)C(=O)c1ccccc1. The first-order valence-electron chi connectivity index (χ1n) is 6.59. The van der Waals surface area contributed by atoms with Crippen molar-refractivity contribution in [1.29, 1.82) is 0 Å². The average Bonchev–Trinajstić information content (AvgIpc) is 2.53. The van der Waals surface area contributed by atoms with Gasteiger partial charge in [0.1, 0.15) is 0 Å². The van der Waals surface area contributed by atoms with Crippen LogP contribution in [0.1, 0.15) is 10.4 Å². The van der Waals surface area contributed by atoms with E-state index in [9.17, 15) is 14.9 Å². The van der Waals surface area contributed by atoms with Gasteiger partial charge in [-0.3, -0.25) is 14.9 Å². The third-order valence-corrected chi connectivity index (χ3v) is 2.96. The molecule has 112 valence electrons. The summed E-state index contributed by atoms with van der Waals surface area (Å²) < 4.78 is 0. The minimum Gasteiger partial charge on any atom is -0.359 e. The maximum Gasteiger partial charge on any atom is 0.269 e. The van der Waals surface area contributed by atoms with Crippen molar-refractivity contribution in [2.45, 2.75) is 0 Å². The van der Waals surface area contributed by atoms with Gasteiger partial charge in [-0.05, 0) is 12.1 Å². The van der Waals surface area contributed by atoms with Gasteiger partial charge in [0, 0.05) is 31.8 Å². The van der Waals surface area contributed by atoms with E-state index in [1.165, 1.54) is 24.3 Å². The molecule has 2 aromatic carbocycles. The average molecular weight is 297 g/mol. The lowest BCUT2D eigenvalue weighted by atomic mass is 10.1. The summed E-state index contributed by atoms with van der Waals surface area (Å²) in [6.07, 6.45) is 0. The summed E-state index contributed by atoms with van der Waals surface area (Å²) in [5, 5.41) is 10.6. The second-order valence-electron chi connectivity index (χ2n) is 4.80. The molecule has 0 aliphatic carbocycles. The maximum atomic E-state index is 12.5. The lowest BCUT2D eigenvalue weighted by Crippen LogP contribution is -2.30. The minimum absolute atomic E-state index is 0.0141. The van der Waals surface area contributed by atoms with Crippen molar-refractivity contribution in [3.63, 3.8) is 0 Å². The Labute approximate surface area is 127 Å². The highest BCUT2D eigenvalue weighted by Gasteiger charge is 2.16. The number of nitrogens with zero attached hydrogens (tertiary/aromatic N) is 3. The molecule has 0 N–H and O–H groups in total. The van der Waals surface area contributed by atoms with Gasteiger partial charge in [0.25, 0.3) is 5.69 Å². The molecule has 0 heterocycles. The second kappa shape index (κ2) is 6.62. The van der Waals surface area contributed by atoms with Crippen LogP contribution in [-0.4, -0.2) is 35.5 Å². The molecule has 6 heteroatoms. The molecule has 2 aromatic rings. The van der Waals surface area contributed by atoms with Crippen molar-refractivity contribution in [2.75, 3.05) is 14.1 Å². The summed E-state index contributed by atoms with van der Waals surface area (Å²) in [5.41, 5.74) is 1.01. The molecule has 0 aromatic heterocycles. The fourth-order valence-corrected chi connectivity index (χ4v) is 1.84. The molecular weight excluding hydrogens is 282 g/mol. The van der Waals surface area contributed by atoms with Crippen LogP contribution in [0, 0.1) is 10.1 Å². The molecule has 22 heavy (non-hydrogen) atoms. The van der Waals surface area contributed by atoms with Crippen molar-refractivity contribution in [1.82, 2.24) is 4.90 Å². The first-order chi connectivity index (χ1) is 10.5. The molecule has 0 radical (unpaired) electrons. The largest absolute Gasteiger partial charge is 0.359 e. The first-order valence-corrected chi connectivity index (χ1v) is 6.59. The number of hydrogen-bond acceptors (Lipinski definition) is 4. The van der Waals surface area contributed by atoms with Crippen LogP contribution in [0.15, 0.2) is 59.6 Å². The van der Waals surface area contributed by atoms with E-state index in [1.54, 1.807) is 43.3 Å². The zero-order chi connectivity index (χ0) is 16.1. The number of Topliss-reactive ketones (excluding diaryl/α,β-unsaturated/α-hetero) is 1. The number of ketones is 1. The fourth-order valence-electron chi connectivity index (χ4n) is 1.84. The van der Waals surface area contributed by atoms with E-state index in [4.69, 9.17) is 0 Å². The number of non-ortho nitro benzene ring substituents is 1. The van der Waals surface area contributed by atoms with E-state index in [0.29, 0.717) is 11.3 Å². The van der Waals surface area contributed by atoms with Crippen LogP contribution in [0.3, 0.4) is 0 Å². The number of benzene rings is 2. The smallest absolute Gasteiger partial charge is 0.269 e. The van der Waals surface area contributed by atoms with Gasteiger partial charge in [-0.2, -0.15) is 0 Å². The first kappa shape index (κ1) is 15.4. The molecule has 0 fully saturated rings. The molecule has 0 aliphatic rings. The van der Waals surface area contributed by atoms with Crippen molar-refractivity contribution >= 4 is 23.0 Å². The Morgan fingerprint density at radius 3 is 2.14 bits per heavy atom. The maximum absolute atomic E-state index is 12.5. The van der Waals surface area contributed by atoms with Crippen LogP contribution < -0.4 is 0 Å². The molecule has 0 saturated heterocycles. The number of carbonyl (C=O) groups is 1. The molecule has 0 saturated carbocycles. The third kappa shape index (κ3) is 3.54. The lowest BCUT2D eigenvalue weighted by molar-refractivity contribution is -0.384. The molecule has 0 atom stereocenters. The number of nitro benzene ring substituents is 1. The van der Waals surface area contributed by atoms with Crippen molar-refractivity contribution in [3.05, 3.63) is 70.3 Å². The van der Waals surface area contributed by atoms with Crippen molar-refractivity contribution in [2.24, 2.45) is 4.99 Å². The van der Waals surface area contributed by atoms with Crippen molar-refractivity contribution < 1.29 is 9.72 Å². The van der Waals surface area contributed by atoms with E-state index in [2.05, 4.69) is 4.99 Å². The molecule has 0 unspecified atom stereocenters. The van der Waals surface area contributed by atoms with Crippen LogP contribution in [0.5, 0.6) is 0 Å². The van der Waals surface area contributed by atoms with Crippen LogP contribution >= 0.6 is 0 Å². The number of rotatable bonds is 4. The zero-order valence-corrected chi connectivity index (χ0v) is 12.3. The number of aliphatic imine (C=N–C) groups is 1. The molecule has 6 nitrogen and oxygen atoms in total. The molecule has 0 bridgehead atoms. The standard InChI is InChI=1S/C16H15N3O3/c1-18(2)16(15(20)12-6-4-3-5-7-12)17-13-8-10-14(11-9-13)19(21)22/h3-11H,1-2H3. The van der Waals surface area contributed by atoms with Crippen LogP contribution in [-0.2, 0) is 0 Å². The van der Waals surface area contributed by atoms with Gasteiger partial charge in [-0.1, -0.05) is 30.3 Å². The van der Waals surface area contributed by atoms with Gasteiger partial charge < -0.3 is 4.90 Å². The van der Waals surface area contributed by atoms with Gasteiger partial charge in [0.05, 0.1) is 10.6 Å². The van der Waals surface area contributed by atoms with E-state index in [1.807, 2.05) is 6.07 Å². The van der Waals surface area contributed by atoms with Crippen molar-refractivity contribution in [3.8, 4) is 0 Å². The zero-order valence-electron chi connectivity index (χ0n) is 12.3. The van der Waals surface area contributed by atoms with E-state index < -0.39 is 4.92 Å². The number of nitro groups is 1. The predicted octanol–water partition coefficient (Wildman–Crippen LogP) is 3.07. The topological polar surface area (TPSA) is 75.8 Å². The van der Waals surface area contributed by atoms with E-state index in [0.717, 1.165) is 0 Å². The molecule has 2 rings (SSSR count). The molecule has 0 aliphatic heterocycles. The Hall–Kier alpha value is -3.02. The summed E-state index contributed by atoms with van der Waals surface area (Å²) in [6.45, 7) is 0. The Balaban J connectivity index is 2.35.